The van der Waals surface area contributed by atoms with Crippen molar-refractivity contribution in [2.45, 2.75) is 64.1 Å². The fourth-order valence-corrected chi connectivity index (χ4v) is 8.11. The van der Waals surface area contributed by atoms with E-state index in [2.05, 4.69) is 27.3 Å². The minimum atomic E-state index is -3.95. The van der Waals surface area contributed by atoms with Crippen LogP contribution in [0, 0.1) is 12.8 Å². The number of carbonyl (C=O) groups excluding carboxylic acids is 2. The highest BCUT2D eigenvalue weighted by molar-refractivity contribution is 7.89. The van der Waals surface area contributed by atoms with Gasteiger partial charge in [-0.25, -0.2) is 23.1 Å². The molecule has 2 aromatic heterocycles. The van der Waals surface area contributed by atoms with E-state index in [0.29, 0.717) is 53.4 Å². The van der Waals surface area contributed by atoms with Gasteiger partial charge in [-0.3, -0.25) is 14.5 Å². The number of pyridine rings is 1. The van der Waals surface area contributed by atoms with E-state index in [1.54, 1.807) is 30.9 Å². The molecule has 2 aliphatic heterocycles. The lowest BCUT2D eigenvalue weighted by Gasteiger charge is -2.26. The normalized spacial score (nSPS) is 18.1. The Labute approximate surface area is 249 Å². The van der Waals surface area contributed by atoms with Gasteiger partial charge < -0.3 is 15.5 Å². The van der Waals surface area contributed by atoms with E-state index >= 15 is 0 Å². The molecule has 11 nitrogen and oxygen atoms in total. The van der Waals surface area contributed by atoms with E-state index in [1.165, 1.54) is 11.3 Å². The summed E-state index contributed by atoms with van der Waals surface area (Å²) in [5, 5.41) is 6.90. The SMILES string of the molecule is Cc1nc(Nc2cccc(N3CCNCC3=O)n2)sc1-c1cc2c(c(S(=O)(=O)NC(C)C)c1)C(=O)N(C(C)C1CC1)C2. The summed E-state index contributed by atoms with van der Waals surface area (Å²) in [5.41, 5.74) is 2.40. The maximum absolute atomic E-state index is 13.6. The standard InChI is InChI=1S/C29H35N7O4S2/c1-16(2)34-42(39,40)22-13-20(12-21-15-36(28(38)26(21)22)18(4)19-8-9-19)27-17(3)31-29(41-27)33-23-6-5-7-24(32-23)35-11-10-30-14-25(35)37/h5-7,12-13,16,18-19,30,34H,8-11,14-15H2,1-4H3,(H,31,32,33). The molecule has 222 valence electrons. The van der Waals surface area contributed by atoms with Gasteiger partial charge in [0, 0.05) is 31.7 Å². The molecular weight excluding hydrogens is 574 g/mol. The van der Waals surface area contributed by atoms with E-state index in [0.717, 1.165) is 23.4 Å². The van der Waals surface area contributed by atoms with Crippen LogP contribution in [0.4, 0.5) is 16.8 Å². The molecular formula is C29H35N7O4S2. The number of sulfonamides is 1. The molecule has 4 heterocycles. The average Bonchev–Trinajstić information content (AvgIpc) is 3.65. The lowest BCUT2D eigenvalue weighted by atomic mass is 10.0. The molecule has 1 unspecified atom stereocenters. The van der Waals surface area contributed by atoms with E-state index in [1.807, 2.05) is 30.0 Å². The number of fused-ring (bicyclic) bond motifs is 1. The number of amides is 2. The van der Waals surface area contributed by atoms with Crippen molar-refractivity contribution in [1.82, 2.24) is 24.9 Å². The number of piperazine rings is 1. The monoisotopic (exact) mass is 609 g/mol. The van der Waals surface area contributed by atoms with Gasteiger partial charge in [-0.1, -0.05) is 17.4 Å². The Kier molecular flexibility index (Phi) is 7.54. The van der Waals surface area contributed by atoms with Gasteiger partial charge in [-0.15, -0.1) is 0 Å². The molecule has 3 aromatic rings. The van der Waals surface area contributed by atoms with Crippen LogP contribution in [-0.4, -0.2) is 66.8 Å². The molecule has 1 atom stereocenters. The first-order chi connectivity index (χ1) is 20.0. The number of rotatable bonds is 9. The minimum absolute atomic E-state index is 0.0107. The lowest BCUT2D eigenvalue weighted by Crippen LogP contribution is -2.48. The number of nitrogens with one attached hydrogen (secondary N) is 3. The summed E-state index contributed by atoms with van der Waals surface area (Å²) < 4.78 is 29.7. The third-order valence-electron chi connectivity index (χ3n) is 7.87. The van der Waals surface area contributed by atoms with E-state index in [4.69, 9.17) is 4.98 Å². The van der Waals surface area contributed by atoms with Gasteiger partial charge in [-0.05, 0) is 81.8 Å². The molecule has 1 aromatic carbocycles. The molecule has 6 rings (SSSR count). The van der Waals surface area contributed by atoms with Crippen LogP contribution in [0.5, 0.6) is 0 Å². The second-order valence-electron chi connectivity index (χ2n) is 11.5. The third-order valence-corrected chi connectivity index (χ3v) is 10.7. The van der Waals surface area contributed by atoms with Crippen LogP contribution in [0.2, 0.25) is 0 Å². The molecule has 13 heteroatoms. The molecule has 1 saturated carbocycles. The number of benzene rings is 1. The quantitative estimate of drug-likeness (QED) is 0.335. The van der Waals surface area contributed by atoms with Crippen molar-refractivity contribution in [2.75, 3.05) is 29.9 Å². The number of thiazole rings is 1. The molecule has 0 spiro atoms. The summed E-state index contributed by atoms with van der Waals surface area (Å²) in [6.45, 7) is 9.36. The molecule has 1 aliphatic carbocycles. The Morgan fingerprint density at radius 2 is 1.90 bits per heavy atom. The maximum Gasteiger partial charge on any atom is 0.256 e. The number of hydrogen-bond acceptors (Lipinski definition) is 9. The lowest BCUT2D eigenvalue weighted by molar-refractivity contribution is -0.118. The van der Waals surface area contributed by atoms with Crippen molar-refractivity contribution in [3.8, 4) is 10.4 Å². The first-order valence-electron chi connectivity index (χ1n) is 14.2. The Morgan fingerprint density at radius 1 is 1.12 bits per heavy atom. The highest BCUT2D eigenvalue weighted by atomic mass is 32.2. The zero-order valence-corrected chi connectivity index (χ0v) is 25.7. The van der Waals surface area contributed by atoms with Gasteiger partial charge in [0.1, 0.15) is 11.6 Å². The predicted octanol–water partition coefficient (Wildman–Crippen LogP) is 3.63. The van der Waals surface area contributed by atoms with Crippen LogP contribution < -0.4 is 20.3 Å². The Hall–Kier alpha value is -3.39. The molecule has 3 N–H and O–H groups in total. The van der Waals surface area contributed by atoms with Gasteiger partial charge >= 0.3 is 0 Å². The van der Waals surface area contributed by atoms with Gasteiger partial charge in [-0.2, -0.15) is 0 Å². The topological polar surface area (TPSA) is 137 Å². The number of aromatic nitrogens is 2. The zero-order valence-electron chi connectivity index (χ0n) is 24.1. The number of anilines is 3. The molecule has 1 saturated heterocycles. The number of hydrogen-bond donors (Lipinski definition) is 3. The average molecular weight is 610 g/mol. The molecule has 2 amide bonds. The molecule has 3 aliphatic rings. The summed E-state index contributed by atoms with van der Waals surface area (Å²) >= 11 is 1.38. The zero-order chi connectivity index (χ0) is 29.8. The van der Waals surface area contributed by atoms with Crippen LogP contribution in [0.1, 0.15) is 55.2 Å². The van der Waals surface area contributed by atoms with Crippen LogP contribution >= 0.6 is 11.3 Å². The maximum atomic E-state index is 13.6. The van der Waals surface area contributed by atoms with Crippen LogP contribution in [0.15, 0.2) is 35.2 Å². The van der Waals surface area contributed by atoms with Crippen molar-refractivity contribution in [2.24, 2.45) is 5.92 Å². The van der Waals surface area contributed by atoms with Crippen molar-refractivity contribution < 1.29 is 18.0 Å². The van der Waals surface area contributed by atoms with E-state index < -0.39 is 10.0 Å². The first-order valence-corrected chi connectivity index (χ1v) is 16.5. The van der Waals surface area contributed by atoms with Crippen LogP contribution in [0.3, 0.4) is 0 Å². The fourth-order valence-electron chi connectivity index (χ4n) is 5.64. The van der Waals surface area contributed by atoms with Crippen molar-refractivity contribution in [1.29, 1.82) is 0 Å². The smallest absolute Gasteiger partial charge is 0.256 e. The van der Waals surface area contributed by atoms with E-state index in [9.17, 15) is 18.0 Å². The Bertz CT molecular complexity index is 1670. The van der Waals surface area contributed by atoms with Crippen LogP contribution in [0.25, 0.3) is 10.4 Å². The van der Waals surface area contributed by atoms with Crippen molar-refractivity contribution >= 4 is 49.9 Å². The summed E-state index contributed by atoms with van der Waals surface area (Å²) in [4.78, 5) is 39.5. The molecule has 2 fully saturated rings. The van der Waals surface area contributed by atoms with Crippen LogP contribution in [-0.2, 0) is 21.4 Å². The second-order valence-corrected chi connectivity index (χ2v) is 14.1. The summed E-state index contributed by atoms with van der Waals surface area (Å²) in [7, 11) is -3.95. The molecule has 0 bridgehead atoms. The van der Waals surface area contributed by atoms with Crippen molar-refractivity contribution in [3.63, 3.8) is 0 Å². The van der Waals surface area contributed by atoms with Gasteiger partial charge in [0.15, 0.2) is 5.13 Å². The summed E-state index contributed by atoms with van der Waals surface area (Å²) in [5.74, 6) is 1.33. The highest BCUT2D eigenvalue weighted by Crippen LogP contribution is 2.42. The van der Waals surface area contributed by atoms with E-state index in [-0.39, 0.29) is 40.9 Å². The van der Waals surface area contributed by atoms with Gasteiger partial charge in [0.2, 0.25) is 15.9 Å². The number of aryl methyl sites for hydroxylation is 1. The molecule has 42 heavy (non-hydrogen) atoms. The predicted molar refractivity (Wildman–Crippen MR) is 163 cm³/mol. The number of nitrogens with zero attached hydrogens (tertiary/aromatic N) is 4. The Balaban J connectivity index is 1.34. The van der Waals surface area contributed by atoms with Crippen molar-refractivity contribution in [3.05, 3.63) is 47.2 Å². The summed E-state index contributed by atoms with van der Waals surface area (Å²) in [6.07, 6.45) is 2.18. The summed E-state index contributed by atoms with van der Waals surface area (Å²) in [6, 6.07) is 8.72. The first kappa shape index (κ1) is 28.7. The van der Waals surface area contributed by atoms with Gasteiger partial charge in [0.05, 0.1) is 27.6 Å². The number of carbonyl (C=O) groups is 2. The minimum Gasteiger partial charge on any atom is -0.331 e. The van der Waals surface area contributed by atoms with Gasteiger partial charge in [0.25, 0.3) is 5.91 Å². The Morgan fingerprint density at radius 3 is 2.62 bits per heavy atom. The largest absolute Gasteiger partial charge is 0.331 e. The second kappa shape index (κ2) is 11.0. The molecule has 0 radical (unpaired) electrons. The highest BCUT2D eigenvalue weighted by Gasteiger charge is 2.41. The fraction of sp³-hybridized carbons (Fsp3) is 0.448. The third kappa shape index (κ3) is 5.53.